The van der Waals surface area contributed by atoms with Crippen molar-refractivity contribution in [3.8, 4) is 11.4 Å². The number of nitro benzene ring substituents is 1. The molecule has 0 unspecified atom stereocenters. The summed E-state index contributed by atoms with van der Waals surface area (Å²) in [4.78, 5) is 29.1. The Morgan fingerprint density at radius 3 is 2.63 bits per heavy atom. The number of rotatable bonds is 7. The molecule has 2 rings (SSSR count). The first-order valence-electron chi connectivity index (χ1n) is 8.94. The summed E-state index contributed by atoms with van der Waals surface area (Å²) in [6.45, 7) is 10.5. The van der Waals surface area contributed by atoms with Crippen LogP contribution in [0.3, 0.4) is 0 Å². The lowest BCUT2D eigenvalue weighted by Gasteiger charge is -2.29. The maximum Gasteiger partial charge on any atom is 0.270 e. The van der Waals surface area contributed by atoms with E-state index in [4.69, 9.17) is 4.52 Å². The monoisotopic (exact) mass is 374 g/mol. The molecule has 8 heteroatoms. The minimum absolute atomic E-state index is 0.0300. The van der Waals surface area contributed by atoms with Gasteiger partial charge in [-0.2, -0.15) is 4.98 Å². The molecule has 0 atom stereocenters. The van der Waals surface area contributed by atoms with Crippen LogP contribution < -0.4 is 0 Å². The number of nitrogens with zero attached hydrogens (tertiary/aromatic N) is 4. The number of hydrogen-bond donors (Lipinski definition) is 0. The maximum atomic E-state index is 12.5. The zero-order chi connectivity index (χ0) is 20.2. The highest BCUT2D eigenvalue weighted by Gasteiger charge is 2.23. The van der Waals surface area contributed by atoms with E-state index in [0.717, 1.165) is 0 Å². The van der Waals surface area contributed by atoms with Crippen molar-refractivity contribution in [2.24, 2.45) is 5.41 Å². The molecule has 1 amide bonds. The number of nitro groups is 1. The number of carbonyl (C=O) groups excluding carboxylic acids is 1. The maximum absolute atomic E-state index is 12.5. The van der Waals surface area contributed by atoms with Gasteiger partial charge in [0.25, 0.3) is 5.69 Å². The molecule has 1 aromatic carbocycles. The predicted molar refractivity (Wildman–Crippen MR) is 101 cm³/mol. The molecule has 2 aromatic rings. The third kappa shape index (κ3) is 5.87. The van der Waals surface area contributed by atoms with Gasteiger partial charge in [0.05, 0.1) is 4.92 Å². The molecule has 0 N–H and O–H groups in total. The van der Waals surface area contributed by atoms with Crippen LogP contribution in [-0.4, -0.2) is 38.5 Å². The summed E-state index contributed by atoms with van der Waals surface area (Å²) in [7, 11) is 0. The van der Waals surface area contributed by atoms with Gasteiger partial charge in [0, 0.05) is 43.1 Å². The highest BCUT2D eigenvalue weighted by molar-refractivity contribution is 5.77. The fraction of sp³-hybridized carbons (Fsp3) is 0.526. The van der Waals surface area contributed by atoms with Gasteiger partial charge in [-0.25, -0.2) is 0 Å². The lowest BCUT2D eigenvalue weighted by molar-refractivity contribution is -0.384. The smallest absolute Gasteiger partial charge is 0.270 e. The fourth-order valence-electron chi connectivity index (χ4n) is 2.67. The zero-order valence-corrected chi connectivity index (χ0v) is 16.4. The molecular weight excluding hydrogens is 348 g/mol. The number of hydrogen-bond acceptors (Lipinski definition) is 6. The Labute approximate surface area is 158 Å². The Balaban J connectivity index is 2.07. The molecule has 146 valence electrons. The van der Waals surface area contributed by atoms with Gasteiger partial charge in [-0.3, -0.25) is 14.9 Å². The lowest BCUT2D eigenvalue weighted by Crippen LogP contribution is -2.40. The lowest BCUT2D eigenvalue weighted by atomic mass is 9.91. The molecule has 8 nitrogen and oxygen atoms in total. The van der Waals surface area contributed by atoms with Gasteiger partial charge in [0.2, 0.25) is 17.6 Å². The molecule has 27 heavy (non-hydrogen) atoms. The van der Waals surface area contributed by atoms with Crippen molar-refractivity contribution in [1.29, 1.82) is 0 Å². The van der Waals surface area contributed by atoms with Crippen molar-refractivity contribution < 1.29 is 14.2 Å². The second kappa shape index (κ2) is 8.28. The molecule has 0 aliphatic heterocycles. The highest BCUT2D eigenvalue weighted by Crippen LogP contribution is 2.23. The van der Waals surface area contributed by atoms with Crippen molar-refractivity contribution in [3.63, 3.8) is 0 Å². The normalized spacial score (nSPS) is 11.6. The minimum Gasteiger partial charge on any atom is -0.340 e. The summed E-state index contributed by atoms with van der Waals surface area (Å²) in [6.07, 6.45) is 0.893. The summed E-state index contributed by atoms with van der Waals surface area (Å²) in [5, 5.41) is 14.8. The molecule has 1 heterocycles. The van der Waals surface area contributed by atoms with Gasteiger partial charge in [-0.05, 0) is 19.3 Å². The van der Waals surface area contributed by atoms with E-state index in [9.17, 15) is 14.9 Å². The molecule has 0 aliphatic carbocycles. The topological polar surface area (TPSA) is 102 Å². The predicted octanol–water partition coefficient (Wildman–Crippen LogP) is 3.86. The van der Waals surface area contributed by atoms with Crippen molar-refractivity contribution in [2.75, 3.05) is 6.54 Å². The summed E-state index contributed by atoms with van der Waals surface area (Å²) in [5.74, 6) is 0.785. The molecule has 0 aliphatic rings. The summed E-state index contributed by atoms with van der Waals surface area (Å²) >= 11 is 0. The second-order valence-corrected chi connectivity index (χ2v) is 7.99. The van der Waals surface area contributed by atoms with Gasteiger partial charge in [0.1, 0.15) is 0 Å². The van der Waals surface area contributed by atoms with Crippen LogP contribution in [0.15, 0.2) is 28.8 Å². The summed E-state index contributed by atoms with van der Waals surface area (Å²) < 4.78 is 5.26. The van der Waals surface area contributed by atoms with E-state index in [0.29, 0.717) is 36.7 Å². The molecule has 1 aromatic heterocycles. The van der Waals surface area contributed by atoms with Gasteiger partial charge in [0.15, 0.2) is 0 Å². The average Bonchev–Trinajstić information content (AvgIpc) is 3.02. The number of aromatic nitrogens is 2. The summed E-state index contributed by atoms with van der Waals surface area (Å²) in [6, 6.07) is 6.15. The van der Waals surface area contributed by atoms with Crippen LogP contribution in [0, 0.1) is 15.5 Å². The molecule has 0 bridgehead atoms. The Hall–Kier alpha value is -2.77. The van der Waals surface area contributed by atoms with Crippen LogP contribution >= 0.6 is 0 Å². The Morgan fingerprint density at radius 2 is 2.04 bits per heavy atom. The van der Waals surface area contributed by atoms with E-state index < -0.39 is 4.92 Å². The largest absolute Gasteiger partial charge is 0.340 e. The first kappa shape index (κ1) is 20.5. The fourth-order valence-corrected chi connectivity index (χ4v) is 2.67. The third-order valence-electron chi connectivity index (χ3n) is 3.98. The van der Waals surface area contributed by atoms with E-state index in [-0.39, 0.29) is 23.1 Å². The molecule has 0 saturated heterocycles. The average molecular weight is 374 g/mol. The first-order valence-corrected chi connectivity index (χ1v) is 8.94. The minimum atomic E-state index is -0.466. The first-order chi connectivity index (χ1) is 12.6. The van der Waals surface area contributed by atoms with Crippen LogP contribution in [0.5, 0.6) is 0 Å². The molecule has 0 saturated carbocycles. The zero-order valence-electron chi connectivity index (χ0n) is 16.4. The quantitative estimate of drug-likeness (QED) is 0.538. The molecule has 0 spiro atoms. The Kier molecular flexibility index (Phi) is 6.30. The highest BCUT2D eigenvalue weighted by atomic mass is 16.6. The molecule has 0 radical (unpaired) electrons. The summed E-state index contributed by atoms with van der Waals surface area (Å²) in [5.41, 5.74) is 0.408. The van der Waals surface area contributed by atoms with Gasteiger partial charge >= 0.3 is 0 Å². The van der Waals surface area contributed by atoms with Crippen molar-refractivity contribution in [1.82, 2.24) is 15.0 Å². The van der Waals surface area contributed by atoms with E-state index in [2.05, 4.69) is 10.1 Å². The van der Waals surface area contributed by atoms with Crippen LogP contribution in [0.4, 0.5) is 5.69 Å². The van der Waals surface area contributed by atoms with Crippen LogP contribution in [0.25, 0.3) is 11.4 Å². The number of amides is 1. The second-order valence-electron chi connectivity index (χ2n) is 7.99. The van der Waals surface area contributed by atoms with E-state index in [1.54, 1.807) is 12.1 Å². The number of benzene rings is 1. The van der Waals surface area contributed by atoms with Gasteiger partial charge in [-0.15, -0.1) is 0 Å². The number of carbonyl (C=O) groups is 1. The van der Waals surface area contributed by atoms with E-state index >= 15 is 0 Å². The van der Waals surface area contributed by atoms with E-state index in [1.807, 2.05) is 39.5 Å². The van der Waals surface area contributed by atoms with Gasteiger partial charge < -0.3 is 9.42 Å². The number of non-ortho nitro benzene ring substituents is 1. The third-order valence-corrected chi connectivity index (χ3v) is 3.98. The Morgan fingerprint density at radius 1 is 1.33 bits per heavy atom. The van der Waals surface area contributed by atoms with Gasteiger partial charge in [-0.1, -0.05) is 38.1 Å². The SMILES string of the molecule is CC(C)N(CCc1nc(-c2cccc([N+](=O)[O-])c2)no1)C(=O)CC(C)(C)C. The van der Waals surface area contributed by atoms with Crippen molar-refractivity contribution in [2.45, 2.75) is 53.5 Å². The van der Waals surface area contributed by atoms with Crippen LogP contribution in [0.2, 0.25) is 0 Å². The van der Waals surface area contributed by atoms with Crippen LogP contribution in [-0.2, 0) is 11.2 Å². The molecule has 0 fully saturated rings. The van der Waals surface area contributed by atoms with Crippen molar-refractivity contribution in [3.05, 3.63) is 40.3 Å². The molecular formula is C19H26N4O4. The standard InChI is InChI=1S/C19H26N4O4/c1-13(2)22(17(24)12-19(3,4)5)10-9-16-20-18(21-27-16)14-7-6-8-15(11-14)23(25)26/h6-8,11,13H,9-10,12H2,1-5H3. The van der Waals surface area contributed by atoms with Crippen molar-refractivity contribution >= 4 is 11.6 Å². The Bertz CT molecular complexity index is 808. The van der Waals surface area contributed by atoms with Crippen LogP contribution in [0.1, 0.15) is 46.9 Å². The van der Waals surface area contributed by atoms with E-state index in [1.165, 1.54) is 12.1 Å².